The van der Waals surface area contributed by atoms with Crippen molar-refractivity contribution < 1.29 is 0 Å². The van der Waals surface area contributed by atoms with Gasteiger partial charge in [-0.05, 0) is 69.3 Å². The molecule has 0 N–H and O–H groups in total. The van der Waals surface area contributed by atoms with Crippen LogP contribution < -0.4 is 0 Å². The fourth-order valence-electron chi connectivity index (χ4n) is 4.79. The Labute approximate surface area is 180 Å². The summed E-state index contributed by atoms with van der Waals surface area (Å²) in [5, 5.41) is 9.04. The van der Waals surface area contributed by atoms with Gasteiger partial charge in [0.25, 0.3) is 0 Å². The van der Waals surface area contributed by atoms with E-state index in [1.807, 2.05) is 6.07 Å². The first-order chi connectivity index (χ1) is 14.7. The number of fused-ring (bicyclic) bond motifs is 1. The highest BCUT2D eigenvalue weighted by atomic mass is 15.2. The number of aryl methyl sites for hydroxylation is 2. The van der Waals surface area contributed by atoms with E-state index in [4.69, 9.17) is 10.2 Å². The van der Waals surface area contributed by atoms with Gasteiger partial charge in [-0.1, -0.05) is 42.5 Å². The van der Waals surface area contributed by atoms with Crippen molar-refractivity contribution in [3.8, 4) is 6.07 Å². The number of rotatable bonds is 8. The third-order valence-corrected chi connectivity index (χ3v) is 6.61. The molecule has 0 amide bonds. The average molecular weight is 401 g/mol. The van der Waals surface area contributed by atoms with Gasteiger partial charge in [0.05, 0.1) is 23.5 Å². The summed E-state index contributed by atoms with van der Waals surface area (Å²) in [6.07, 6.45) is 6.40. The zero-order valence-corrected chi connectivity index (χ0v) is 18.0. The maximum atomic E-state index is 9.04. The second-order valence-electron chi connectivity index (χ2n) is 8.63. The Bertz CT molecular complexity index is 977. The molecular weight excluding hydrogens is 368 g/mol. The highest BCUT2D eigenvalue weighted by Gasteiger charge is 2.23. The Kier molecular flexibility index (Phi) is 6.81. The number of benzene rings is 2. The van der Waals surface area contributed by atoms with E-state index < -0.39 is 0 Å². The summed E-state index contributed by atoms with van der Waals surface area (Å²) in [5.74, 6) is 1.93. The van der Waals surface area contributed by atoms with Crippen LogP contribution in [0, 0.1) is 17.2 Å². The van der Waals surface area contributed by atoms with E-state index >= 15 is 0 Å². The van der Waals surface area contributed by atoms with Crippen molar-refractivity contribution in [1.82, 2.24) is 14.5 Å². The molecule has 0 spiro atoms. The van der Waals surface area contributed by atoms with E-state index in [1.165, 1.54) is 37.9 Å². The number of imidazole rings is 1. The first kappa shape index (κ1) is 20.6. The molecule has 3 aromatic rings. The third-order valence-electron chi connectivity index (χ3n) is 6.61. The quantitative estimate of drug-likeness (QED) is 0.520. The summed E-state index contributed by atoms with van der Waals surface area (Å²) in [6, 6.07) is 22.0. The predicted octanol–water partition coefficient (Wildman–Crippen LogP) is 5.23. The van der Waals surface area contributed by atoms with Crippen LogP contribution in [-0.4, -0.2) is 33.6 Å². The molecule has 0 aliphatic carbocycles. The molecule has 1 unspecified atom stereocenters. The van der Waals surface area contributed by atoms with Gasteiger partial charge in [0.2, 0.25) is 0 Å². The number of aromatic nitrogens is 2. The largest absolute Gasteiger partial charge is 0.327 e. The smallest absolute Gasteiger partial charge is 0.109 e. The lowest BCUT2D eigenvalue weighted by atomic mass is 9.89. The van der Waals surface area contributed by atoms with Crippen molar-refractivity contribution in [2.24, 2.45) is 5.92 Å². The zero-order chi connectivity index (χ0) is 20.8. The summed E-state index contributed by atoms with van der Waals surface area (Å²) in [7, 11) is 0. The molecule has 1 aliphatic heterocycles. The number of para-hydroxylation sites is 2. The summed E-state index contributed by atoms with van der Waals surface area (Å²) < 4.78 is 2.25. The van der Waals surface area contributed by atoms with Gasteiger partial charge < -0.3 is 9.47 Å². The number of nitrogens with zero attached hydrogens (tertiary/aromatic N) is 4. The second kappa shape index (κ2) is 9.91. The Balaban J connectivity index is 1.32. The van der Waals surface area contributed by atoms with E-state index in [2.05, 4.69) is 71.0 Å². The number of hydrogen-bond donors (Lipinski definition) is 0. The van der Waals surface area contributed by atoms with Crippen LogP contribution in [0.1, 0.15) is 44.0 Å². The highest BCUT2D eigenvalue weighted by Crippen LogP contribution is 2.25. The van der Waals surface area contributed by atoms with E-state index in [9.17, 15) is 0 Å². The molecule has 1 aromatic heterocycles. The molecule has 156 valence electrons. The SMILES string of the molecule is CC(CCc1nc2ccccc2n1CCC#N)N1CCC(Cc2ccccc2)CC1. The molecule has 1 aliphatic rings. The Morgan fingerprint density at radius 2 is 1.80 bits per heavy atom. The maximum Gasteiger partial charge on any atom is 0.109 e. The zero-order valence-electron chi connectivity index (χ0n) is 18.0. The van der Waals surface area contributed by atoms with E-state index in [0.717, 1.165) is 42.2 Å². The van der Waals surface area contributed by atoms with Crippen molar-refractivity contribution in [3.63, 3.8) is 0 Å². The van der Waals surface area contributed by atoms with Crippen LogP contribution in [0.5, 0.6) is 0 Å². The molecule has 4 rings (SSSR count). The average Bonchev–Trinajstić information content (AvgIpc) is 3.14. The van der Waals surface area contributed by atoms with Gasteiger partial charge in [0.15, 0.2) is 0 Å². The van der Waals surface area contributed by atoms with Crippen LogP contribution in [0.4, 0.5) is 0 Å². The van der Waals surface area contributed by atoms with E-state index in [0.29, 0.717) is 12.5 Å². The lowest BCUT2D eigenvalue weighted by Crippen LogP contribution is -2.40. The standard InChI is InChI=1S/C26H32N4/c1-21(29-18-14-23(15-19-29)20-22-8-3-2-4-9-22)12-13-26-28-24-10-5-6-11-25(24)30(26)17-7-16-27/h2-6,8-11,21,23H,7,12-15,17-20H2,1H3. The van der Waals surface area contributed by atoms with Crippen LogP contribution in [0.2, 0.25) is 0 Å². The molecule has 2 heterocycles. The number of hydrogen-bond acceptors (Lipinski definition) is 3. The van der Waals surface area contributed by atoms with Gasteiger partial charge in [0, 0.05) is 19.0 Å². The molecule has 2 aromatic carbocycles. The van der Waals surface area contributed by atoms with Crippen molar-refractivity contribution in [1.29, 1.82) is 5.26 Å². The minimum atomic E-state index is 0.526. The third kappa shape index (κ3) is 4.91. The van der Waals surface area contributed by atoms with Crippen LogP contribution in [-0.2, 0) is 19.4 Å². The van der Waals surface area contributed by atoms with Gasteiger partial charge in [-0.3, -0.25) is 0 Å². The van der Waals surface area contributed by atoms with Gasteiger partial charge in [-0.2, -0.15) is 5.26 Å². The van der Waals surface area contributed by atoms with Crippen molar-refractivity contribution in [3.05, 3.63) is 66.0 Å². The molecule has 1 atom stereocenters. The van der Waals surface area contributed by atoms with Crippen LogP contribution >= 0.6 is 0 Å². The predicted molar refractivity (Wildman–Crippen MR) is 122 cm³/mol. The lowest BCUT2D eigenvalue weighted by Gasteiger charge is -2.36. The fourth-order valence-corrected chi connectivity index (χ4v) is 4.79. The van der Waals surface area contributed by atoms with Gasteiger partial charge in [0.1, 0.15) is 5.82 Å². The monoisotopic (exact) mass is 400 g/mol. The molecular formula is C26H32N4. The molecule has 0 bridgehead atoms. The summed E-state index contributed by atoms with van der Waals surface area (Å²) in [4.78, 5) is 7.53. The summed E-state index contributed by atoms with van der Waals surface area (Å²) in [6.45, 7) is 5.48. The van der Waals surface area contributed by atoms with E-state index in [-0.39, 0.29) is 0 Å². The normalized spacial score (nSPS) is 16.5. The molecule has 30 heavy (non-hydrogen) atoms. The van der Waals surface area contributed by atoms with Crippen LogP contribution in [0.3, 0.4) is 0 Å². The maximum absolute atomic E-state index is 9.04. The summed E-state index contributed by atoms with van der Waals surface area (Å²) in [5.41, 5.74) is 3.66. The van der Waals surface area contributed by atoms with Crippen LogP contribution in [0.15, 0.2) is 54.6 Å². The van der Waals surface area contributed by atoms with E-state index in [1.54, 1.807) is 0 Å². The molecule has 1 fully saturated rings. The molecule has 0 radical (unpaired) electrons. The lowest BCUT2D eigenvalue weighted by molar-refractivity contribution is 0.135. The van der Waals surface area contributed by atoms with Crippen molar-refractivity contribution in [2.45, 2.75) is 58.0 Å². The number of nitriles is 1. The van der Waals surface area contributed by atoms with Crippen molar-refractivity contribution in [2.75, 3.05) is 13.1 Å². The van der Waals surface area contributed by atoms with Gasteiger partial charge in [-0.25, -0.2) is 4.98 Å². The van der Waals surface area contributed by atoms with Crippen LogP contribution in [0.25, 0.3) is 11.0 Å². The number of likely N-dealkylation sites (tertiary alicyclic amines) is 1. The first-order valence-corrected chi connectivity index (χ1v) is 11.3. The summed E-state index contributed by atoms with van der Waals surface area (Å²) >= 11 is 0. The Hall–Kier alpha value is -2.64. The minimum Gasteiger partial charge on any atom is -0.327 e. The Morgan fingerprint density at radius 1 is 1.07 bits per heavy atom. The van der Waals surface area contributed by atoms with Gasteiger partial charge >= 0.3 is 0 Å². The highest BCUT2D eigenvalue weighted by molar-refractivity contribution is 5.75. The Morgan fingerprint density at radius 3 is 2.57 bits per heavy atom. The molecule has 4 nitrogen and oxygen atoms in total. The molecule has 0 saturated carbocycles. The first-order valence-electron chi connectivity index (χ1n) is 11.3. The van der Waals surface area contributed by atoms with Crippen molar-refractivity contribution >= 4 is 11.0 Å². The molecule has 1 saturated heterocycles. The minimum absolute atomic E-state index is 0.526. The second-order valence-corrected chi connectivity index (χ2v) is 8.63. The number of piperidine rings is 1. The topological polar surface area (TPSA) is 44.9 Å². The van der Waals surface area contributed by atoms with Gasteiger partial charge in [-0.15, -0.1) is 0 Å². The molecule has 4 heteroatoms. The fraction of sp³-hybridized carbons (Fsp3) is 0.462.